The van der Waals surface area contributed by atoms with Gasteiger partial charge >= 0.3 is 0 Å². The highest BCUT2D eigenvalue weighted by Gasteiger charge is 2.32. The summed E-state index contributed by atoms with van der Waals surface area (Å²) >= 11 is 13.2. The number of thiocarbonyl (C=S) groups is 1. The molecule has 1 aliphatic heterocycles. The van der Waals surface area contributed by atoms with Crippen LogP contribution >= 0.6 is 35.6 Å². The van der Waals surface area contributed by atoms with Gasteiger partial charge in [-0.15, -0.1) is 0 Å². The average molecular weight is 594 g/mol. The van der Waals surface area contributed by atoms with E-state index in [4.69, 9.17) is 33.7 Å². The van der Waals surface area contributed by atoms with Crippen LogP contribution in [0.25, 0.3) is 23.0 Å². The molecule has 6 rings (SSSR count). The fraction of sp³-hybridized carbons (Fsp3) is 0.0606. The highest BCUT2D eigenvalue weighted by Crippen LogP contribution is 2.36. The van der Waals surface area contributed by atoms with Crippen LogP contribution in [-0.4, -0.2) is 24.9 Å². The molecule has 5 nitrogen and oxygen atoms in total. The second kappa shape index (κ2) is 12.1. The van der Waals surface area contributed by atoms with E-state index in [1.165, 1.54) is 11.8 Å². The maximum atomic E-state index is 13.4. The average Bonchev–Trinajstić information content (AvgIpc) is 3.54. The topological polar surface area (TPSA) is 47.4 Å². The molecule has 41 heavy (non-hydrogen) atoms. The van der Waals surface area contributed by atoms with E-state index in [9.17, 15) is 4.79 Å². The van der Waals surface area contributed by atoms with E-state index in [1.54, 1.807) is 4.90 Å². The zero-order chi connectivity index (χ0) is 28.2. The number of hydrogen-bond acceptors (Lipinski definition) is 5. The number of rotatable bonds is 8. The van der Waals surface area contributed by atoms with Crippen molar-refractivity contribution in [2.24, 2.45) is 0 Å². The Bertz CT molecular complexity index is 1740. The van der Waals surface area contributed by atoms with Crippen molar-refractivity contribution in [3.05, 3.63) is 142 Å². The summed E-state index contributed by atoms with van der Waals surface area (Å²) in [6, 6.07) is 35.1. The number of para-hydroxylation sites is 1. The molecule has 8 heteroatoms. The molecule has 1 amide bonds. The summed E-state index contributed by atoms with van der Waals surface area (Å²) in [5.41, 5.74) is 5.34. The Morgan fingerprint density at radius 1 is 0.878 bits per heavy atom. The Morgan fingerprint density at radius 2 is 1.56 bits per heavy atom. The normalized spacial score (nSPS) is 14.2. The first-order valence-electron chi connectivity index (χ1n) is 13.0. The minimum Gasteiger partial charge on any atom is -0.489 e. The van der Waals surface area contributed by atoms with Crippen molar-refractivity contribution in [1.29, 1.82) is 0 Å². The summed E-state index contributed by atoms with van der Waals surface area (Å²) in [4.78, 5) is 15.6. The van der Waals surface area contributed by atoms with Crippen LogP contribution in [0.4, 0.5) is 0 Å². The van der Waals surface area contributed by atoms with Crippen LogP contribution in [0.1, 0.15) is 16.7 Å². The summed E-state index contributed by atoms with van der Waals surface area (Å²) in [5, 5.41) is 5.58. The van der Waals surface area contributed by atoms with Gasteiger partial charge in [0.05, 0.1) is 22.8 Å². The maximum Gasteiger partial charge on any atom is 0.266 e. The first-order valence-corrected chi connectivity index (χ1v) is 14.6. The highest BCUT2D eigenvalue weighted by molar-refractivity contribution is 8.26. The van der Waals surface area contributed by atoms with Crippen LogP contribution in [-0.2, 0) is 17.9 Å². The van der Waals surface area contributed by atoms with Crippen LogP contribution in [0.5, 0.6) is 5.75 Å². The largest absolute Gasteiger partial charge is 0.489 e. The number of benzene rings is 4. The van der Waals surface area contributed by atoms with Crippen LogP contribution in [0, 0.1) is 0 Å². The molecule has 1 aliphatic rings. The molecule has 4 aromatic carbocycles. The van der Waals surface area contributed by atoms with Gasteiger partial charge in [0.2, 0.25) is 0 Å². The summed E-state index contributed by atoms with van der Waals surface area (Å²) in [6.07, 6.45) is 3.82. The molecule has 0 unspecified atom stereocenters. The number of nitrogens with zero attached hydrogens (tertiary/aromatic N) is 3. The SMILES string of the molecule is O=C1/C(=C/c2cn(-c3ccccc3)nc2-c2ccc(OCc3ccccc3Cl)cc2)SC(=S)N1Cc1ccccc1. The fourth-order valence-electron chi connectivity index (χ4n) is 4.46. The van der Waals surface area contributed by atoms with Crippen molar-refractivity contribution in [1.82, 2.24) is 14.7 Å². The minimum absolute atomic E-state index is 0.106. The lowest BCUT2D eigenvalue weighted by Crippen LogP contribution is -2.27. The van der Waals surface area contributed by atoms with Gasteiger partial charge in [-0.2, -0.15) is 5.10 Å². The van der Waals surface area contributed by atoms with E-state index in [2.05, 4.69) is 0 Å². The number of halogens is 1. The van der Waals surface area contributed by atoms with Crippen molar-refractivity contribution in [2.75, 3.05) is 0 Å². The van der Waals surface area contributed by atoms with E-state index < -0.39 is 0 Å². The van der Waals surface area contributed by atoms with Crippen LogP contribution in [0.15, 0.2) is 120 Å². The van der Waals surface area contributed by atoms with Gasteiger partial charge < -0.3 is 4.74 Å². The molecule has 2 heterocycles. The van der Waals surface area contributed by atoms with Gasteiger partial charge in [-0.1, -0.05) is 102 Å². The third kappa shape index (κ3) is 6.12. The monoisotopic (exact) mass is 593 g/mol. The molecule has 0 saturated carbocycles. The number of carbonyl (C=O) groups excluding carboxylic acids is 1. The lowest BCUT2D eigenvalue weighted by molar-refractivity contribution is -0.122. The summed E-state index contributed by atoms with van der Waals surface area (Å²) in [6.45, 7) is 0.812. The van der Waals surface area contributed by atoms with Crippen LogP contribution < -0.4 is 4.74 Å². The lowest BCUT2D eigenvalue weighted by atomic mass is 10.1. The number of carbonyl (C=O) groups is 1. The molecule has 5 aromatic rings. The zero-order valence-corrected chi connectivity index (χ0v) is 24.2. The second-order valence-electron chi connectivity index (χ2n) is 9.37. The third-order valence-corrected chi connectivity index (χ3v) is 8.33. The third-order valence-electron chi connectivity index (χ3n) is 6.59. The predicted octanol–water partition coefficient (Wildman–Crippen LogP) is 8.17. The van der Waals surface area contributed by atoms with Crippen molar-refractivity contribution in [2.45, 2.75) is 13.2 Å². The molecule has 0 spiro atoms. The first kappa shape index (κ1) is 27.0. The summed E-state index contributed by atoms with van der Waals surface area (Å²) in [7, 11) is 0. The van der Waals surface area contributed by atoms with E-state index >= 15 is 0 Å². The molecule has 1 aromatic heterocycles. The number of amides is 1. The molecular formula is C33H24ClN3O2S2. The van der Waals surface area contributed by atoms with Gasteiger partial charge in [0, 0.05) is 27.9 Å². The molecule has 1 fully saturated rings. The lowest BCUT2D eigenvalue weighted by Gasteiger charge is -2.14. The van der Waals surface area contributed by atoms with E-state index in [0.29, 0.717) is 27.4 Å². The quantitative estimate of drug-likeness (QED) is 0.134. The van der Waals surface area contributed by atoms with Crippen molar-refractivity contribution >= 4 is 51.9 Å². The van der Waals surface area contributed by atoms with Crippen molar-refractivity contribution in [3.8, 4) is 22.7 Å². The van der Waals surface area contributed by atoms with Crippen molar-refractivity contribution < 1.29 is 9.53 Å². The van der Waals surface area contributed by atoms with E-state index in [-0.39, 0.29) is 5.91 Å². The van der Waals surface area contributed by atoms with Gasteiger partial charge in [-0.25, -0.2) is 4.68 Å². The number of thioether (sulfide) groups is 1. The summed E-state index contributed by atoms with van der Waals surface area (Å²) in [5.74, 6) is 0.616. The van der Waals surface area contributed by atoms with Gasteiger partial charge in [0.1, 0.15) is 16.7 Å². The predicted molar refractivity (Wildman–Crippen MR) is 170 cm³/mol. The van der Waals surface area contributed by atoms with Crippen LogP contribution in [0.2, 0.25) is 5.02 Å². The molecule has 202 valence electrons. The number of hydrogen-bond donors (Lipinski definition) is 0. The Kier molecular flexibility index (Phi) is 8.00. The standard InChI is InChI=1S/C33H24ClN3O2S2/c34-29-14-8-7-11-25(29)22-39-28-17-15-24(16-18-28)31-26(21-37(35-31)27-12-5-2-6-13-27)19-30-32(38)36(33(40)41-30)20-23-9-3-1-4-10-23/h1-19,21H,20,22H2/b30-19-. The minimum atomic E-state index is -0.106. The fourth-order valence-corrected chi connectivity index (χ4v) is 5.90. The van der Waals surface area contributed by atoms with Crippen LogP contribution in [0.3, 0.4) is 0 Å². The summed E-state index contributed by atoms with van der Waals surface area (Å²) < 4.78 is 8.34. The molecule has 0 aliphatic carbocycles. The second-order valence-corrected chi connectivity index (χ2v) is 11.5. The molecular weight excluding hydrogens is 570 g/mol. The molecule has 0 radical (unpaired) electrons. The van der Waals surface area contributed by atoms with E-state index in [0.717, 1.165) is 39.4 Å². The van der Waals surface area contributed by atoms with E-state index in [1.807, 2.05) is 126 Å². The molecule has 0 atom stereocenters. The number of aromatic nitrogens is 2. The smallest absolute Gasteiger partial charge is 0.266 e. The Hall–Kier alpha value is -4.17. The molecule has 0 bridgehead atoms. The molecule has 0 N–H and O–H groups in total. The zero-order valence-electron chi connectivity index (χ0n) is 21.8. The maximum absolute atomic E-state index is 13.4. The highest BCUT2D eigenvalue weighted by atomic mass is 35.5. The Labute approximate surface area is 253 Å². The van der Waals surface area contributed by atoms with Gasteiger partial charge in [0.15, 0.2) is 0 Å². The van der Waals surface area contributed by atoms with Gasteiger partial charge in [-0.05, 0) is 54.1 Å². The van der Waals surface area contributed by atoms with Gasteiger partial charge in [-0.3, -0.25) is 9.69 Å². The Balaban J connectivity index is 1.29. The molecule has 1 saturated heterocycles. The van der Waals surface area contributed by atoms with Gasteiger partial charge in [0.25, 0.3) is 5.91 Å². The Morgan fingerprint density at radius 3 is 2.29 bits per heavy atom. The number of ether oxygens (including phenoxy) is 1. The van der Waals surface area contributed by atoms with Crippen molar-refractivity contribution in [3.63, 3.8) is 0 Å². The first-order chi connectivity index (χ1) is 20.0.